The fourth-order valence-electron chi connectivity index (χ4n) is 3.90. The molecule has 3 heterocycles. The summed E-state index contributed by atoms with van der Waals surface area (Å²) in [5.41, 5.74) is 0.404. The summed E-state index contributed by atoms with van der Waals surface area (Å²) in [5, 5.41) is 3.63. The molecule has 0 aliphatic carbocycles. The molecule has 0 bridgehead atoms. The lowest BCUT2D eigenvalue weighted by molar-refractivity contribution is -0.137. The van der Waals surface area contributed by atoms with Gasteiger partial charge in [-0.3, -0.25) is 14.4 Å². The second kappa shape index (κ2) is 8.86. The van der Waals surface area contributed by atoms with E-state index in [4.69, 9.17) is 0 Å². The van der Waals surface area contributed by atoms with Gasteiger partial charge in [-0.15, -0.1) is 11.3 Å². The maximum Gasteiger partial charge on any atom is 0.264 e. The van der Waals surface area contributed by atoms with Crippen molar-refractivity contribution in [2.75, 3.05) is 31.5 Å². The minimum atomic E-state index is -0.481. The number of likely N-dealkylation sites (tertiary alicyclic amines) is 2. The fraction of sp³-hybridized carbons (Fsp3) is 0.682. The van der Waals surface area contributed by atoms with Crippen LogP contribution >= 0.6 is 11.3 Å². The predicted octanol–water partition coefficient (Wildman–Crippen LogP) is 3.91. The van der Waals surface area contributed by atoms with Crippen LogP contribution in [0.5, 0.6) is 0 Å². The summed E-state index contributed by atoms with van der Waals surface area (Å²) in [7, 11) is 0. The van der Waals surface area contributed by atoms with Crippen molar-refractivity contribution >= 4 is 34.1 Å². The first-order valence-corrected chi connectivity index (χ1v) is 11.5. The van der Waals surface area contributed by atoms with Gasteiger partial charge in [0.25, 0.3) is 5.91 Å². The molecule has 0 spiro atoms. The van der Waals surface area contributed by atoms with Gasteiger partial charge in [0.15, 0.2) is 0 Å². The minimum absolute atomic E-state index is 0.00706. The topological polar surface area (TPSA) is 69.7 Å². The van der Waals surface area contributed by atoms with E-state index in [2.05, 4.69) is 5.32 Å². The van der Waals surface area contributed by atoms with E-state index in [9.17, 15) is 14.4 Å². The second-order valence-electron chi connectivity index (χ2n) is 9.28. The molecule has 0 atom stereocenters. The van der Waals surface area contributed by atoms with Gasteiger partial charge < -0.3 is 15.1 Å². The van der Waals surface area contributed by atoms with Gasteiger partial charge in [-0.05, 0) is 50.7 Å². The third kappa shape index (κ3) is 5.18. The molecule has 0 radical (unpaired) electrons. The van der Waals surface area contributed by atoms with Gasteiger partial charge in [0, 0.05) is 37.5 Å². The Morgan fingerprint density at radius 2 is 1.62 bits per heavy atom. The van der Waals surface area contributed by atoms with Crippen molar-refractivity contribution in [2.45, 2.75) is 59.8 Å². The Hall–Kier alpha value is -1.89. The highest BCUT2D eigenvalue weighted by molar-refractivity contribution is 7.18. The molecule has 160 valence electrons. The van der Waals surface area contributed by atoms with E-state index < -0.39 is 5.41 Å². The molecular formula is C22H33N3O3S. The lowest BCUT2D eigenvalue weighted by Gasteiger charge is -2.35. The molecule has 0 aromatic carbocycles. The maximum atomic E-state index is 13.0. The van der Waals surface area contributed by atoms with Crippen LogP contribution in [-0.4, -0.2) is 53.7 Å². The lowest BCUT2D eigenvalue weighted by Crippen LogP contribution is -2.45. The summed E-state index contributed by atoms with van der Waals surface area (Å²) in [6, 6.07) is 1.87. The molecule has 7 heteroatoms. The zero-order valence-corrected chi connectivity index (χ0v) is 18.9. The van der Waals surface area contributed by atoms with Crippen LogP contribution in [0.3, 0.4) is 0 Å². The SMILES string of the molecule is Cc1cc(NC(=O)C(C)(C)C)sc1C(=O)N1CCC(C(=O)N2CCCCC2)CC1. The Morgan fingerprint density at radius 3 is 2.21 bits per heavy atom. The standard InChI is InChI=1S/C22H33N3O3S/c1-15-14-17(23-21(28)22(2,3)4)29-18(15)20(27)25-12-8-16(9-13-25)19(26)24-10-6-5-7-11-24/h14,16H,5-13H2,1-4H3,(H,23,28). The summed E-state index contributed by atoms with van der Waals surface area (Å²) < 4.78 is 0. The van der Waals surface area contributed by atoms with Crippen LogP contribution in [0.4, 0.5) is 5.00 Å². The molecule has 1 N–H and O–H groups in total. The molecule has 29 heavy (non-hydrogen) atoms. The molecule has 3 rings (SSSR count). The number of thiophene rings is 1. The van der Waals surface area contributed by atoms with E-state index in [-0.39, 0.29) is 23.6 Å². The van der Waals surface area contributed by atoms with Crippen LogP contribution in [0.25, 0.3) is 0 Å². The van der Waals surface area contributed by atoms with Gasteiger partial charge in [0.2, 0.25) is 11.8 Å². The monoisotopic (exact) mass is 419 g/mol. The molecule has 1 aromatic rings. The Bertz CT molecular complexity index is 767. The number of piperidine rings is 2. The van der Waals surface area contributed by atoms with Crippen molar-refractivity contribution in [3.05, 3.63) is 16.5 Å². The number of anilines is 1. The first-order chi connectivity index (χ1) is 13.7. The highest BCUT2D eigenvalue weighted by Crippen LogP contribution is 2.31. The summed E-state index contributed by atoms with van der Waals surface area (Å²) >= 11 is 1.34. The summed E-state index contributed by atoms with van der Waals surface area (Å²) in [6.07, 6.45) is 4.90. The van der Waals surface area contributed by atoms with Gasteiger partial charge in [-0.1, -0.05) is 20.8 Å². The summed E-state index contributed by atoms with van der Waals surface area (Å²) in [6.45, 7) is 10.5. The Kier molecular flexibility index (Phi) is 6.66. The molecule has 3 amide bonds. The zero-order chi connectivity index (χ0) is 21.2. The van der Waals surface area contributed by atoms with E-state index in [1.54, 1.807) is 0 Å². The van der Waals surface area contributed by atoms with Crippen LogP contribution in [0.1, 0.15) is 68.1 Å². The van der Waals surface area contributed by atoms with Gasteiger partial charge in [0.1, 0.15) is 0 Å². The third-order valence-electron chi connectivity index (χ3n) is 5.83. The van der Waals surface area contributed by atoms with Crippen molar-refractivity contribution in [2.24, 2.45) is 11.3 Å². The van der Waals surface area contributed by atoms with Crippen molar-refractivity contribution in [1.29, 1.82) is 0 Å². The van der Waals surface area contributed by atoms with Crippen molar-refractivity contribution < 1.29 is 14.4 Å². The van der Waals surface area contributed by atoms with Crippen molar-refractivity contribution in [3.8, 4) is 0 Å². The molecule has 2 aliphatic rings. The number of nitrogens with zero attached hydrogens (tertiary/aromatic N) is 2. The number of hydrogen-bond donors (Lipinski definition) is 1. The average Bonchev–Trinajstić information content (AvgIpc) is 3.07. The van der Waals surface area contributed by atoms with Crippen LogP contribution < -0.4 is 5.32 Å². The first-order valence-electron chi connectivity index (χ1n) is 10.7. The van der Waals surface area contributed by atoms with Gasteiger partial charge in [0.05, 0.1) is 9.88 Å². The van der Waals surface area contributed by atoms with E-state index in [1.165, 1.54) is 17.8 Å². The van der Waals surface area contributed by atoms with Crippen molar-refractivity contribution in [1.82, 2.24) is 9.80 Å². The summed E-state index contributed by atoms with van der Waals surface area (Å²) in [4.78, 5) is 42.5. The molecule has 2 saturated heterocycles. The number of rotatable bonds is 3. The molecule has 0 saturated carbocycles. The molecule has 1 aromatic heterocycles. The molecule has 2 aliphatic heterocycles. The normalized spacial score (nSPS) is 18.6. The van der Waals surface area contributed by atoms with Crippen LogP contribution in [-0.2, 0) is 9.59 Å². The average molecular weight is 420 g/mol. The lowest BCUT2D eigenvalue weighted by atomic mass is 9.94. The number of hydrogen-bond acceptors (Lipinski definition) is 4. The number of amides is 3. The quantitative estimate of drug-likeness (QED) is 0.808. The Balaban J connectivity index is 1.58. The van der Waals surface area contributed by atoms with E-state index in [0.29, 0.717) is 23.0 Å². The molecule has 0 unspecified atom stereocenters. The van der Waals surface area contributed by atoms with Gasteiger partial charge in [-0.25, -0.2) is 0 Å². The van der Waals surface area contributed by atoms with Crippen LogP contribution in [0, 0.1) is 18.3 Å². The van der Waals surface area contributed by atoms with E-state index >= 15 is 0 Å². The van der Waals surface area contributed by atoms with Crippen molar-refractivity contribution in [3.63, 3.8) is 0 Å². The molecular weight excluding hydrogens is 386 g/mol. The summed E-state index contributed by atoms with van der Waals surface area (Å²) in [5.74, 6) is 0.266. The smallest absolute Gasteiger partial charge is 0.264 e. The number of carbonyl (C=O) groups is 3. The van der Waals surface area contributed by atoms with E-state index in [1.807, 2.05) is 43.6 Å². The highest BCUT2D eigenvalue weighted by Gasteiger charge is 2.32. The Labute approximate surface area is 177 Å². The maximum absolute atomic E-state index is 13.0. The van der Waals surface area contributed by atoms with Crippen LogP contribution in [0.15, 0.2) is 6.07 Å². The highest BCUT2D eigenvalue weighted by atomic mass is 32.1. The van der Waals surface area contributed by atoms with Gasteiger partial charge >= 0.3 is 0 Å². The third-order valence-corrected chi connectivity index (χ3v) is 6.97. The first kappa shape index (κ1) is 21.8. The Morgan fingerprint density at radius 1 is 1.00 bits per heavy atom. The fourth-order valence-corrected chi connectivity index (χ4v) is 4.94. The van der Waals surface area contributed by atoms with Gasteiger partial charge in [-0.2, -0.15) is 0 Å². The van der Waals surface area contributed by atoms with Crippen LogP contribution in [0.2, 0.25) is 0 Å². The predicted molar refractivity (Wildman–Crippen MR) is 116 cm³/mol. The zero-order valence-electron chi connectivity index (χ0n) is 18.0. The minimum Gasteiger partial charge on any atom is -0.342 e. The number of aryl methyl sites for hydroxylation is 1. The second-order valence-corrected chi connectivity index (χ2v) is 10.3. The number of nitrogens with one attached hydrogen (secondary N) is 1. The molecule has 6 nitrogen and oxygen atoms in total. The largest absolute Gasteiger partial charge is 0.342 e. The molecule has 2 fully saturated rings. The van der Waals surface area contributed by atoms with E-state index in [0.717, 1.165) is 44.3 Å². The number of carbonyl (C=O) groups excluding carboxylic acids is 3.